The molecule has 1 amide bonds. The molecule has 2 heterocycles. The number of amides is 1. The number of para-hydroxylation sites is 2. The summed E-state index contributed by atoms with van der Waals surface area (Å²) in [6.45, 7) is 0.915. The maximum Gasteiger partial charge on any atom is 0.263 e. The highest BCUT2D eigenvalue weighted by Crippen LogP contribution is 2.33. The Morgan fingerprint density at radius 1 is 1.14 bits per heavy atom. The quantitative estimate of drug-likeness (QED) is 0.466. The third-order valence-corrected chi connectivity index (χ3v) is 6.09. The van der Waals surface area contributed by atoms with Crippen molar-refractivity contribution in [1.29, 1.82) is 0 Å². The first-order valence-electron chi connectivity index (χ1n) is 9.52. The average molecular weight is 419 g/mol. The lowest BCUT2D eigenvalue weighted by molar-refractivity contribution is -0.115. The van der Waals surface area contributed by atoms with E-state index in [1.54, 1.807) is 0 Å². The minimum atomic E-state index is -0.150. The van der Waals surface area contributed by atoms with E-state index < -0.39 is 0 Å². The first-order valence-corrected chi connectivity index (χ1v) is 10.7. The lowest BCUT2D eigenvalue weighted by Gasteiger charge is -2.12. The van der Waals surface area contributed by atoms with Gasteiger partial charge in [-0.3, -0.25) is 4.79 Å². The van der Waals surface area contributed by atoms with Gasteiger partial charge in [0.2, 0.25) is 0 Å². The maximum atomic E-state index is 12.0. The molecular formula is C22H18N4OS2. The van der Waals surface area contributed by atoms with Crippen molar-refractivity contribution in [2.75, 3.05) is 11.9 Å². The number of carbonyl (C=O) groups excluding carboxylic acids is 1. The topological polar surface area (TPSA) is 66.9 Å². The number of thiocarbonyl (C=S) groups is 1. The third kappa shape index (κ3) is 4.02. The number of aromatic nitrogens is 2. The van der Waals surface area contributed by atoms with Gasteiger partial charge in [-0.25, -0.2) is 9.97 Å². The molecule has 0 unspecified atom stereocenters. The first-order chi connectivity index (χ1) is 14.2. The lowest BCUT2D eigenvalue weighted by atomic mass is 10.1. The molecule has 2 aromatic carbocycles. The number of rotatable bonds is 5. The van der Waals surface area contributed by atoms with Crippen molar-refractivity contribution in [3.63, 3.8) is 0 Å². The Hall–Kier alpha value is -2.77. The molecule has 1 saturated carbocycles. The van der Waals surface area contributed by atoms with E-state index in [0.29, 0.717) is 9.23 Å². The molecule has 7 heteroatoms. The SMILES string of the molecule is O=C1NC(=S)SC1=Cc1cccc(-c2nc3ccccc3nc2NCC2CC2)c1. The molecule has 1 aliphatic carbocycles. The molecule has 0 atom stereocenters. The zero-order valence-corrected chi connectivity index (χ0v) is 17.1. The van der Waals surface area contributed by atoms with E-state index >= 15 is 0 Å². The summed E-state index contributed by atoms with van der Waals surface area (Å²) in [6, 6.07) is 15.9. The predicted molar refractivity (Wildman–Crippen MR) is 122 cm³/mol. The van der Waals surface area contributed by atoms with E-state index in [0.717, 1.165) is 46.1 Å². The fourth-order valence-electron chi connectivity index (χ4n) is 3.24. The van der Waals surface area contributed by atoms with Crippen molar-refractivity contribution >= 4 is 57.1 Å². The van der Waals surface area contributed by atoms with Gasteiger partial charge in [-0.15, -0.1) is 0 Å². The standard InChI is InChI=1S/C22H18N4OS2/c27-21-18(29-22(28)26-21)11-14-4-3-5-15(10-14)19-20(23-12-13-8-9-13)25-17-7-2-1-6-16(17)24-19/h1-7,10-11,13H,8-9,12H2,(H,23,25)(H,26,27,28). The van der Waals surface area contributed by atoms with Crippen molar-refractivity contribution in [3.8, 4) is 11.3 Å². The van der Waals surface area contributed by atoms with Gasteiger partial charge in [0.25, 0.3) is 5.91 Å². The zero-order valence-electron chi connectivity index (χ0n) is 15.5. The van der Waals surface area contributed by atoms with Gasteiger partial charge < -0.3 is 10.6 Å². The number of hydrogen-bond acceptors (Lipinski definition) is 6. The van der Waals surface area contributed by atoms with E-state index in [2.05, 4.69) is 10.6 Å². The molecule has 2 aliphatic rings. The Bertz CT molecular complexity index is 1170. The van der Waals surface area contributed by atoms with Gasteiger partial charge in [-0.05, 0) is 48.6 Å². The smallest absolute Gasteiger partial charge is 0.263 e. The first kappa shape index (κ1) is 18.3. The van der Waals surface area contributed by atoms with Crippen LogP contribution in [0.5, 0.6) is 0 Å². The second kappa shape index (κ2) is 7.57. The minimum Gasteiger partial charge on any atom is -0.368 e. The molecule has 29 heavy (non-hydrogen) atoms. The van der Waals surface area contributed by atoms with Gasteiger partial charge in [0, 0.05) is 12.1 Å². The fraction of sp³-hybridized carbons (Fsp3) is 0.182. The summed E-state index contributed by atoms with van der Waals surface area (Å²) in [6.07, 6.45) is 4.40. The number of anilines is 1. The van der Waals surface area contributed by atoms with Crippen LogP contribution in [0.1, 0.15) is 18.4 Å². The summed E-state index contributed by atoms with van der Waals surface area (Å²) in [5.41, 5.74) is 4.44. The second-order valence-corrected chi connectivity index (χ2v) is 8.93. The summed E-state index contributed by atoms with van der Waals surface area (Å²) in [5, 5.41) is 6.15. The number of hydrogen-bond donors (Lipinski definition) is 2. The van der Waals surface area contributed by atoms with Crippen LogP contribution in [0, 0.1) is 5.92 Å². The molecule has 2 fully saturated rings. The van der Waals surface area contributed by atoms with Crippen LogP contribution in [0.25, 0.3) is 28.4 Å². The monoisotopic (exact) mass is 418 g/mol. The van der Waals surface area contributed by atoms with Crippen molar-refractivity contribution < 1.29 is 4.79 Å². The van der Waals surface area contributed by atoms with Gasteiger partial charge in [-0.2, -0.15) is 0 Å². The molecule has 5 rings (SSSR count). The molecule has 1 aliphatic heterocycles. The normalized spacial score (nSPS) is 17.7. The summed E-state index contributed by atoms with van der Waals surface area (Å²) in [7, 11) is 0. The van der Waals surface area contributed by atoms with Crippen LogP contribution < -0.4 is 10.6 Å². The lowest BCUT2D eigenvalue weighted by Crippen LogP contribution is -2.17. The summed E-state index contributed by atoms with van der Waals surface area (Å²) in [4.78, 5) is 22.3. The molecule has 3 aromatic rings. The average Bonchev–Trinajstić information content (AvgIpc) is 3.50. The highest BCUT2D eigenvalue weighted by atomic mass is 32.2. The molecule has 0 spiro atoms. The fourth-order valence-corrected chi connectivity index (χ4v) is 4.28. The van der Waals surface area contributed by atoms with Gasteiger partial charge in [-0.1, -0.05) is 54.3 Å². The number of nitrogens with one attached hydrogen (secondary N) is 2. The molecule has 5 nitrogen and oxygen atoms in total. The predicted octanol–water partition coefficient (Wildman–Crippen LogP) is 4.61. The van der Waals surface area contributed by atoms with Crippen LogP contribution >= 0.6 is 24.0 Å². The van der Waals surface area contributed by atoms with Crippen molar-refractivity contribution in [1.82, 2.24) is 15.3 Å². The van der Waals surface area contributed by atoms with E-state index in [-0.39, 0.29) is 5.91 Å². The van der Waals surface area contributed by atoms with Gasteiger partial charge in [0.1, 0.15) is 10.0 Å². The number of carbonyl (C=O) groups is 1. The summed E-state index contributed by atoms with van der Waals surface area (Å²) in [5.74, 6) is 1.38. The van der Waals surface area contributed by atoms with Crippen molar-refractivity contribution in [3.05, 3.63) is 59.0 Å². The van der Waals surface area contributed by atoms with Crippen LogP contribution in [0.3, 0.4) is 0 Å². The van der Waals surface area contributed by atoms with Crippen LogP contribution in [0.4, 0.5) is 5.82 Å². The second-order valence-electron chi connectivity index (χ2n) is 7.21. The van der Waals surface area contributed by atoms with Crippen LogP contribution in [0.15, 0.2) is 53.4 Å². The van der Waals surface area contributed by atoms with E-state index in [4.69, 9.17) is 22.2 Å². The Labute approximate surface area is 178 Å². The zero-order chi connectivity index (χ0) is 19.8. The van der Waals surface area contributed by atoms with Gasteiger partial charge in [0.05, 0.1) is 15.9 Å². The minimum absolute atomic E-state index is 0.150. The number of nitrogens with zero attached hydrogens (tertiary/aromatic N) is 2. The molecular weight excluding hydrogens is 400 g/mol. The molecule has 144 valence electrons. The molecule has 1 aromatic heterocycles. The molecule has 2 N–H and O–H groups in total. The molecule has 0 radical (unpaired) electrons. The number of benzene rings is 2. The van der Waals surface area contributed by atoms with Crippen molar-refractivity contribution in [2.24, 2.45) is 5.92 Å². The largest absolute Gasteiger partial charge is 0.368 e. The van der Waals surface area contributed by atoms with Crippen LogP contribution in [-0.4, -0.2) is 26.7 Å². The third-order valence-electron chi connectivity index (χ3n) is 4.93. The Kier molecular flexibility index (Phi) is 4.77. The molecule has 1 saturated heterocycles. The summed E-state index contributed by atoms with van der Waals surface area (Å²) < 4.78 is 0.490. The van der Waals surface area contributed by atoms with Crippen molar-refractivity contribution in [2.45, 2.75) is 12.8 Å². The molecule has 0 bridgehead atoms. The van der Waals surface area contributed by atoms with Crippen LogP contribution in [0.2, 0.25) is 0 Å². The highest BCUT2D eigenvalue weighted by Gasteiger charge is 2.23. The van der Waals surface area contributed by atoms with Gasteiger partial charge >= 0.3 is 0 Å². The summed E-state index contributed by atoms with van der Waals surface area (Å²) >= 11 is 6.36. The van der Waals surface area contributed by atoms with Gasteiger partial charge in [0.15, 0.2) is 5.82 Å². The number of fused-ring (bicyclic) bond motifs is 1. The Morgan fingerprint density at radius 3 is 2.66 bits per heavy atom. The maximum absolute atomic E-state index is 12.0. The number of thioether (sulfide) groups is 1. The van der Waals surface area contributed by atoms with E-state index in [1.807, 2.05) is 54.6 Å². The Balaban J connectivity index is 1.55. The van der Waals surface area contributed by atoms with E-state index in [9.17, 15) is 4.79 Å². The van der Waals surface area contributed by atoms with Crippen LogP contribution in [-0.2, 0) is 4.79 Å². The highest BCUT2D eigenvalue weighted by molar-refractivity contribution is 8.26. The Morgan fingerprint density at radius 2 is 1.93 bits per heavy atom. The van der Waals surface area contributed by atoms with E-state index in [1.165, 1.54) is 24.6 Å².